The molecule has 312 valence electrons. The molecule has 0 saturated carbocycles. The van der Waals surface area contributed by atoms with Crippen molar-refractivity contribution < 1.29 is 46.8 Å². The molecule has 0 spiro atoms. The Hall–Kier alpha value is -2.07. The van der Waals surface area contributed by atoms with Crippen LogP contribution in [0.3, 0.4) is 0 Å². The number of hydrogen-bond acceptors (Lipinski definition) is 9. The number of carbonyl (C=O) groups is 2. The zero-order valence-electron chi connectivity index (χ0n) is 34.6. The Morgan fingerprint density at radius 3 is 1.78 bits per heavy atom. The van der Waals surface area contributed by atoms with Crippen molar-refractivity contribution in [3.8, 4) is 0 Å². The first-order valence-electron chi connectivity index (χ1n) is 21.0. The molecule has 0 aromatic heterocycles. The molecule has 0 aliphatic carbocycles. The van der Waals surface area contributed by atoms with E-state index in [1.165, 1.54) is 57.8 Å². The minimum absolute atomic E-state index is 0.0441. The molecule has 0 bridgehead atoms. The summed E-state index contributed by atoms with van der Waals surface area (Å²) in [4.78, 5) is 37.4. The third kappa shape index (κ3) is 32.2. The highest BCUT2D eigenvalue weighted by molar-refractivity contribution is 7.45. The lowest BCUT2D eigenvalue weighted by molar-refractivity contribution is -0.870. The van der Waals surface area contributed by atoms with E-state index in [0.29, 0.717) is 36.1 Å². The van der Waals surface area contributed by atoms with Crippen molar-refractivity contribution in [1.29, 1.82) is 0 Å². The standard InChI is InChI=1S/C43H76NO9P/c1-6-8-9-10-11-12-13-18-21-24-27-30-33-42(45)49-37-39(38-51-54(47,48)50-36-35-44(3,4)5)52-43(46)34-31-28-25-22-19-16-14-15-17-20-23-26-29-32-41-40(7-2)53-41/h14,16-17,20,22,25-26,29,39-41H,6-13,15,18-19,21,23-24,27-28,30-38H2,1-5H3/b16-14-,20-17-,25-22-,29-26-. The Labute approximate surface area is 329 Å². The van der Waals surface area contributed by atoms with Gasteiger partial charge in [0, 0.05) is 12.8 Å². The van der Waals surface area contributed by atoms with Crippen LogP contribution in [0.25, 0.3) is 0 Å². The number of phosphoric ester groups is 1. The van der Waals surface area contributed by atoms with E-state index in [-0.39, 0.29) is 26.1 Å². The molecule has 0 N–H and O–H groups in total. The summed E-state index contributed by atoms with van der Waals surface area (Å²) in [5.74, 6) is -0.909. The molecule has 4 unspecified atom stereocenters. The fourth-order valence-electron chi connectivity index (χ4n) is 5.64. The zero-order chi connectivity index (χ0) is 39.8. The lowest BCUT2D eigenvalue weighted by atomic mass is 10.0. The molecule has 1 rings (SSSR count). The summed E-state index contributed by atoms with van der Waals surface area (Å²) >= 11 is 0. The number of unbranched alkanes of at least 4 members (excludes halogenated alkanes) is 12. The van der Waals surface area contributed by atoms with Crippen LogP contribution < -0.4 is 4.89 Å². The van der Waals surface area contributed by atoms with Crippen LogP contribution in [0.15, 0.2) is 48.6 Å². The molecule has 0 aromatic carbocycles. The SMILES string of the molecule is CCCCCCCCCCCCCCC(=O)OCC(COP(=O)([O-])OCC[N+](C)(C)C)OC(=O)CCC/C=C\C/C=C\C/C=C\C/C=C\CC1OC1CC. The third-order valence-corrected chi connectivity index (χ3v) is 10.1. The second-order valence-corrected chi connectivity index (χ2v) is 16.8. The highest BCUT2D eigenvalue weighted by Gasteiger charge is 2.35. The summed E-state index contributed by atoms with van der Waals surface area (Å²) in [5.41, 5.74) is 0. The average molecular weight is 782 g/mol. The Kier molecular flexibility index (Phi) is 29.7. The van der Waals surface area contributed by atoms with Crippen molar-refractivity contribution in [3.05, 3.63) is 48.6 Å². The van der Waals surface area contributed by atoms with Gasteiger partial charge in [-0.25, -0.2) is 0 Å². The smallest absolute Gasteiger partial charge is 0.306 e. The van der Waals surface area contributed by atoms with Crippen LogP contribution in [0.4, 0.5) is 0 Å². The summed E-state index contributed by atoms with van der Waals surface area (Å²) in [6.45, 7) is 4.04. The van der Waals surface area contributed by atoms with E-state index in [9.17, 15) is 19.0 Å². The predicted molar refractivity (Wildman–Crippen MR) is 217 cm³/mol. The summed E-state index contributed by atoms with van der Waals surface area (Å²) in [7, 11) is 1.12. The van der Waals surface area contributed by atoms with Gasteiger partial charge in [-0.2, -0.15) is 0 Å². The van der Waals surface area contributed by atoms with Crippen molar-refractivity contribution in [2.45, 2.75) is 167 Å². The van der Waals surface area contributed by atoms with Gasteiger partial charge in [0.25, 0.3) is 7.82 Å². The molecule has 10 nitrogen and oxygen atoms in total. The van der Waals surface area contributed by atoms with Crippen molar-refractivity contribution in [2.75, 3.05) is 47.5 Å². The number of phosphoric acid groups is 1. The zero-order valence-corrected chi connectivity index (χ0v) is 35.5. The highest BCUT2D eigenvalue weighted by Crippen LogP contribution is 2.38. The molecule has 1 fully saturated rings. The largest absolute Gasteiger partial charge is 0.756 e. The van der Waals surface area contributed by atoms with Crippen LogP contribution in [-0.2, 0) is 37.4 Å². The lowest BCUT2D eigenvalue weighted by Gasteiger charge is -2.28. The lowest BCUT2D eigenvalue weighted by Crippen LogP contribution is -2.37. The van der Waals surface area contributed by atoms with Gasteiger partial charge >= 0.3 is 11.9 Å². The van der Waals surface area contributed by atoms with E-state index < -0.39 is 32.5 Å². The molecule has 11 heteroatoms. The number of carbonyl (C=O) groups excluding carboxylic acids is 2. The van der Waals surface area contributed by atoms with Gasteiger partial charge in [-0.15, -0.1) is 0 Å². The van der Waals surface area contributed by atoms with E-state index in [2.05, 4.69) is 56.4 Å². The summed E-state index contributed by atoms with van der Waals surface area (Å²) in [6.07, 6.45) is 37.7. The summed E-state index contributed by atoms with van der Waals surface area (Å²) in [6, 6.07) is 0. The normalized spacial score (nSPS) is 17.9. The van der Waals surface area contributed by atoms with Crippen LogP contribution in [0.5, 0.6) is 0 Å². The maximum Gasteiger partial charge on any atom is 0.306 e. The van der Waals surface area contributed by atoms with E-state index in [0.717, 1.165) is 51.4 Å². The minimum Gasteiger partial charge on any atom is -0.756 e. The van der Waals surface area contributed by atoms with Crippen LogP contribution in [0, 0.1) is 0 Å². The first-order valence-corrected chi connectivity index (χ1v) is 22.4. The molecule has 0 amide bonds. The van der Waals surface area contributed by atoms with E-state index in [4.69, 9.17) is 23.3 Å². The molecule has 0 radical (unpaired) electrons. The number of rotatable bonds is 36. The van der Waals surface area contributed by atoms with Crippen molar-refractivity contribution in [1.82, 2.24) is 0 Å². The number of likely N-dealkylation sites (N-methyl/N-ethyl adjacent to an activating group) is 1. The number of esters is 2. The Balaban J connectivity index is 2.33. The van der Waals surface area contributed by atoms with Crippen LogP contribution >= 0.6 is 7.82 Å². The number of quaternary nitrogens is 1. The molecule has 1 heterocycles. The molecule has 4 atom stereocenters. The second-order valence-electron chi connectivity index (χ2n) is 15.4. The fourth-order valence-corrected chi connectivity index (χ4v) is 6.37. The van der Waals surface area contributed by atoms with E-state index in [1.54, 1.807) is 0 Å². The van der Waals surface area contributed by atoms with Crippen LogP contribution in [-0.4, -0.2) is 82.2 Å². The third-order valence-electron chi connectivity index (χ3n) is 9.09. The predicted octanol–water partition coefficient (Wildman–Crippen LogP) is 9.87. The number of hydrogen-bond donors (Lipinski definition) is 0. The molecule has 54 heavy (non-hydrogen) atoms. The van der Waals surface area contributed by atoms with Gasteiger partial charge in [0.2, 0.25) is 0 Å². The van der Waals surface area contributed by atoms with E-state index in [1.807, 2.05) is 27.2 Å². The quantitative estimate of drug-likeness (QED) is 0.0153. The first-order chi connectivity index (χ1) is 26.0. The van der Waals surface area contributed by atoms with Crippen molar-refractivity contribution >= 4 is 19.8 Å². The van der Waals surface area contributed by atoms with Gasteiger partial charge in [-0.05, 0) is 51.4 Å². The Bertz CT molecular complexity index is 1130. The van der Waals surface area contributed by atoms with Crippen LogP contribution in [0.1, 0.15) is 149 Å². The van der Waals surface area contributed by atoms with Gasteiger partial charge in [0.1, 0.15) is 19.8 Å². The van der Waals surface area contributed by atoms with Gasteiger partial charge in [0.15, 0.2) is 6.10 Å². The molecule has 1 aliphatic heterocycles. The van der Waals surface area contributed by atoms with Gasteiger partial charge in [0.05, 0.1) is 40.0 Å². The van der Waals surface area contributed by atoms with Crippen molar-refractivity contribution in [3.63, 3.8) is 0 Å². The molecule has 0 aromatic rings. The monoisotopic (exact) mass is 782 g/mol. The van der Waals surface area contributed by atoms with E-state index >= 15 is 0 Å². The number of ether oxygens (including phenoxy) is 3. The number of epoxide rings is 1. The minimum atomic E-state index is -4.64. The Morgan fingerprint density at radius 2 is 1.22 bits per heavy atom. The molecule has 1 saturated heterocycles. The summed E-state index contributed by atoms with van der Waals surface area (Å²) < 4.78 is 39.3. The average Bonchev–Trinajstić information content (AvgIpc) is 3.89. The second kappa shape index (κ2) is 32.1. The number of allylic oxidation sites excluding steroid dienone is 7. The molecular weight excluding hydrogens is 705 g/mol. The molecule has 1 aliphatic rings. The van der Waals surface area contributed by atoms with Crippen molar-refractivity contribution in [2.24, 2.45) is 0 Å². The molecular formula is C43H76NO9P. The maximum atomic E-state index is 12.6. The van der Waals surface area contributed by atoms with Gasteiger partial charge in [-0.1, -0.05) is 133 Å². The fraction of sp³-hybridized carbons (Fsp3) is 0.767. The first kappa shape index (κ1) is 49.9. The van der Waals surface area contributed by atoms with Gasteiger partial charge < -0.3 is 32.6 Å². The topological polar surface area (TPSA) is 124 Å². The number of nitrogens with zero attached hydrogens (tertiary/aromatic N) is 1. The Morgan fingerprint density at radius 1 is 0.685 bits per heavy atom. The van der Waals surface area contributed by atoms with Gasteiger partial charge in [-0.3, -0.25) is 14.2 Å². The maximum absolute atomic E-state index is 12.6. The van der Waals surface area contributed by atoms with Crippen LogP contribution in [0.2, 0.25) is 0 Å². The summed E-state index contributed by atoms with van der Waals surface area (Å²) in [5, 5.41) is 0. The highest BCUT2D eigenvalue weighted by atomic mass is 31.2.